The molecule has 4 rings (SSSR count). The Morgan fingerprint density at radius 2 is 1.72 bits per heavy atom. The van der Waals surface area contributed by atoms with Crippen molar-refractivity contribution in [2.24, 2.45) is 0 Å². The highest BCUT2D eigenvalue weighted by Gasteiger charge is 2.23. The van der Waals surface area contributed by atoms with Crippen LogP contribution in [0.15, 0.2) is 71.1 Å². The number of benzene rings is 3. The van der Waals surface area contributed by atoms with Crippen LogP contribution in [0.3, 0.4) is 0 Å². The molecule has 0 bridgehead atoms. The Kier molecular flexibility index (Phi) is 5.01. The molecule has 0 aliphatic heterocycles. The number of anilines is 1. The van der Waals surface area contributed by atoms with E-state index in [2.05, 4.69) is 5.32 Å². The molecule has 0 saturated carbocycles. The van der Waals surface area contributed by atoms with Crippen LogP contribution in [-0.2, 0) is 0 Å². The Morgan fingerprint density at radius 3 is 2.38 bits per heavy atom. The van der Waals surface area contributed by atoms with E-state index in [1.807, 2.05) is 30.3 Å². The van der Waals surface area contributed by atoms with Gasteiger partial charge in [-0.1, -0.05) is 30.3 Å². The standard InChI is InChI=1S/C23H18FNO4/c24-16-8-6-15(7-9-16)22-21(23(27)28)18-12-17(14-4-2-1-3-5-14)19(25-10-11-26)13-20(18)29-22/h1-9,12-13,25-26H,10-11H2,(H,27,28). The molecule has 0 aliphatic carbocycles. The van der Waals surface area contributed by atoms with Crippen LogP contribution in [0.5, 0.6) is 0 Å². The third-order valence-electron chi connectivity index (χ3n) is 4.66. The van der Waals surface area contributed by atoms with Crippen LogP contribution in [0.25, 0.3) is 33.4 Å². The average Bonchev–Trinajstić information content (AvgIpc) is 3.11. The monoisotopic (exact) mass is 391 g/mol. The third kappa shape index (κ3) is 3.58. The minimum absolute atomic E-state index is 0.0255. The second-order valence-electron chi connectivity index (χ2n) is 6.53. The molecule has 0 amide bonds. The SMILES string of the molecule is O=C(O)c1c(-c2ccc(F)cc2)oc2cc(NCCO)c(-c3ccccc3)cc12. The lowest BCUT2D eigenvalue weighted by molar-refractivity contribution is 0.0699. The van der Waals surface area contributed by atoms with E-state index < -0.39 is 11.8 Å². The molecule has 146 valence electrons. The normalized spacial score (nSPS) is 11.0. The molecular formula is C23H18FNO4. The quantitative estimate of drug-likeness (QED) is 0.430. The molecule has 29 heavy (non-hydrogen) atoms. The molecule has 0 saturated heterocycles. The molecule has 0 fully saturated rings. The van der Waals surface area contributed by atoms with Gasteiger partial charge >= 0.3 is 5.97 Å². The summed E-state index contributed by atoms with van der Waals surface area (Å²) in [4.78, 5) is 12.1. The van der Waals surface area contributed by atoms with Gasteiger partial charge in [0.1, 0.15) is 22.7 Å². The number of halogens is 1. The second-order valence-corrected chi connectivity index (χ2v) is 6.53. The highest BCUT2D eigenvalue weighted by atomic mass is 19.1. The number of fused-ring (bicyclic) bond motifs is 1. The van der Waals surface area contributed by atoms with Crippen LogP contribution in [0.1, 0.15) is 10.4 Å². The van der Waals surface area contributed by atoms with E-state index in [0.29, 0.717) is 28.8 Å². The fourth-order valence-corrected chi connectivity index (χ4v) is 3.35. The Bertz CT molecular complexity index is 1170. The molecule has 3 aromatic carbocycles. The van der Waals surface area contributed by atoms with Gasteiger partial charge in [-0.3, -0.25) is 0 Å². The van der Waals surface area contributed by atoms with Gasteiger partial charge < -0.3 is 19.9 Å². The van der Waals surface area contributed by atoms with Crippen LogP contribution in [-0.4, -0.2) is 29.3 Å². The minimum Gasteiger partial charge on any atom is -0.478 e. The largest absolute Gasteiger partial charge is 0.478 e. The maximum absolute atomic E-state index is 13.3. The maximum Gasteiger partial charge on any atom is 0.340 e. The topological polar surface area (TPSA) is 82.7 Å². The van der Waals surface area contributed by atoms with Crippen molar-refractivity contribution in [1.82, 2.24) is 0 Å². The van der Waals surface area contributed by atoms with Gasteiger partial charge in [0.15, 0.2) is 0 Å². The van der Waals surface area contributed by atoms with Crippen molar-refractivity contribution in [2.45, 2.75) is 0 Å². The van der Waals surface area contributed by atoms with Gasteiger partial charge in [0.25, 0.3) is 0 Å². The first-order valence-electron chi connectivity index (χ1n) is 9.08. The van der Waals surface area contributed by atoms with E-state index in [9.17, 15) is 19.4 Å². The highest BCUT2D eigenvalue weighted by Crippen LogP contribution is 2.39. The molecule has 0 radical (unpaired) electrons. The van der Waals surface area contributed by atoms with Crippen molar-refractivity contribution in [1.29, 1.82) is 0 Å². The number of rotatable bonds is 6. The van der Waals surface area contributed by atoms with Crippen LogP contribution in [0.2, 0.25) is 0 Å². The van der Waals surface area contributed by atoms with Gasteiger partial charge in [0.2, 0.25) is 0 Å². The smallest absolute Gasteiger partial charge is 0.340 e. The molecule has 1 aromatic heterocycles. The molecule has 4 aromatic rings. The predicted molar refractivity (Wildman–Crippen MR) is 110 cm³/mol. The van der Waals surface area contributed by atoms with Crippen molar-refractivity contribution < 1.29 is 23.8 Å². The summed E-state index contributed by atoms with van der Waals surface area (Å²) in [6.07, 6.45) is 0. The Hall–Kier alpha value is -3.64. The summed E-state index contributed by atoms with van der Waals surface area (Å²) in [6, 6.07) is 18.5. The Morgan fingerprint density at radius 1 is 1.00 bits per heavy atom. The fraction of sp³-hybridized carbons (Fsp3) is 0.0870. The summed E-state index contributed by atoms with van der Waals surface area (Å²) in [5.41, 5.74) is 3.30. The van der Waals surface area contributed by atoms with Crippen LogP contribution in [0, 0.1) is 5.82 Å². The van der Waals surface area contributed by atoms with E-state index in [0.717, 1.165) is 11.1 Å². The lowest BCUT2D eigenvalue weighted by Gasteiger charge is -2.12. The van der Waals surface area contributed by atoms with Crippen molar-refractivity contribution >= 4 is 22.6 Å². The van der Waals surface area contributed by atoms with Crippen molar-refractivity contribution in [3.63, 3.8) is 0 Å². The molecular weight excluding hydrogens is 373 g/mol. The van der Waals surface area contributed by atoms with Crippen LogP contribution >= 0.6 is 0 Å². The molecule has 1 heterocycles. The first kappa shape index (κ1) is 18.7. The van der Waals surface area contributed by atoms with Crippen molar-refractivity contribution in [3.8, 4) is 22.5 Å². The van der Waals surface area contributed by atoms with Crippen LogP contribution < -0.4 is 5.32 Å². The average molecular weight is 391 g/mol. The summed E-state index contributed by atoms with van der Waals surface area (Å²) >= 11 is 0. The first-order valence-corrected chi connectivity index (χ1v) is 9.08. The lowest BCUT2D eigenvalue weighted by Crippen LogP contribution is -2.06. The molecule has 0 aliphatic rings. The summed E-state index contributed by atoms with van der Waals surface area (Å²) in [6.45, 7) is 0.286. The van der Waals surface area contributed by atoms with E-state index in [-0.39, 0.29) is 17.9 Å². The molecule has 0 atom stereocenters. The van der Waals surface area contributed by atoms with E-state index in [1.54, 1.807) is 12.1 Å². The molecule has 6 heteroatoms. The Labute approximate surface area is 166 Å². The van der Waals surface area contributed by atoms with E-state index in [4.69, 9.17) is 4.42 Å². The number of carbonyl (C=O) groups is 1. The summed E-state index contributed by atoms with van der Waals surface area (Å²) in [5, 5.41) is 22.7. The second kappa shape index (κ2) is 7.77. The number of aromatic carboxylic acids is 1. The fourth-order valence-electron chi connectivity index (χ4n) is 3.35. The van der Waals surface area contributed by atoms with Gasteiger partial charge in [-0.25, -0.2) is 9.18 Å². The zero-order valence-electron chi connectivity index (χ0n) is 15.4. The molecule has 3 N–H and O–H groups in total. The van der Waals surface area contributed by atoms with E-state index >= 15 is 0 Å². The van der Waals surface area contributed by atoms with Gasteiger partial charge in [0, 0.05) is 34.8 Å². The number of furan rings is 1. The number of carboxylic acid groups (broad SMARTS) is 1. The maximum atomic E-state index is 13.3. The molecule has 0 spiro atoms. The van der Waals surface area contributed by atoms with Gasteiger partial charge in [-0.15, -0.1) is 0 Å². The lowest BCUT2D eigenvalue weighted by atomic mass is 9.99. The number of nitrogens with one attached hydrogen (secondary N) is 1. The van der Waals surface area contributed by atoms with Gasteiger partial charge in [-0.05, 0) is 35.9 Å². The van der Waals surface area contributed by atoms with Crippen molar-refractivity contribution in [3.05, 3.63) is 78.1 Å². The Balaban J connectivity index is 1.97. The van der Waals surface area contributed by atoms with Crippen LogP contribution in [0.4, 0.5) is 10.1 Å². The number of carboxylic acids is 1. The third-order valence-corrected chi connectivity index (χ3v) is 4.66. The number of aliphatic hydroxyl groups is 1. The highest BCUT2D eigenvalue weighted by molar-refractivity contribution is 6.10. The zero-order chi connectivity index (χ0) is 20.4. The minimum atomic E-state index is -1.13. The summed E-state index contributed by atoms with van der Waals surface area (Å²) in [7, 11) is 0. The number of hydrogen-bond donors (Lipinski definition) is 3. The summed E-state index contributed by atoms with van der Waals surface area (Å²) < 4.78 is 19.2. The van der Waals surface area contributed by atoms with E-state index in [1.165, 1.54) is 24.3 Å². The predicted octanol–water partition coefficient (Wildman–Crippen LogP) is 5.01. The number of aliphatic hydroxyl groups excluding tert-OH is 1. The molecule has 0 unspecified atom stereocenters. The summed E-state index contributed by atoms with van der Waals surface area (Å²) in [5.74, 6) is -1.37. The molecule has 5 nitrogen and oxygen atoms in total. The zero-order valence-corrected chi connectivity index (χ0v) is 15.4. The van der Waals surface area contributed by atoms with Crippen molar-refractivity contribution in [2.75, 3.05) is 18.5 Å². The first-order chi connectivity index (χ1) is 14.1. The van der Waals surface area contributed by atoms with Gasteiger partial charge in [-0.2, -0.15) is 0 Å². The van der Waals surface area contributed by atoms with Gasteiger partial charge in [0.05, 0.1) is 6.61 Å². The number of hydrogen-bond acceptors (Lipinski definition) is 4.